The van der Waals surface area contributed by atoms with Crippen LogP contribution in [0.4, 0.5) is 0 Å². The molecule has 134 valence electrons. The van der Waals surface area contributed by atoms with Crippen molar-refractivity contribution in [2.45, 2.75) is 18.9 Å². The number of benzene rings is 1. The summed E-state index contributed by atoms with van der Waals surface area (Å²) in [4.78, 5) is 26.5. The van der Waals surface area contributed by atoms with Gasteiger partial charge in [0.1, 0.15) is 6.04 Å². The molecule has 6 nitrogen and oxygen atoms in total. The lowest BCUT2D eigenvalue weighted by molar-refractivity contribution is -0.124. The van der Waals surface area contributed by atoms with E-state index < -0.39 is 0 Å². The van der Waals surface area contributed by atoms with Gasteiger partial charge in [-0.05, 0) is 25.0 Å². The topological polar surface area (TPSA) is 70.7 Å². The molecule has 1 fully saturated rings. The van der Waals surface area contributed by atoms with E-state index in [1.165, 1.54) is 0 Å². The highest BCUT2D eigenvalue weighted by molar-refractivity contribution is 5.97. The third-order valence-electron chi connectivity index (χ3n) is 3.92. The number of halogens is 1. The number of likely N-dealkylation sites (tertiary alicyclic amines) is 1. The van der Waals surface area contributed by atoms with Gasteiger partial charge < -0.3 is 20.3 Å². The number of amides is 2. The van der Waals surface area contributed by atoms with Crippen LogP contribution in [-0.4, -0.2) is 62.7 Å². The number of hydrogen-bond donors (Lipinski definition) is 2. The van der Waals surface area contributed by atoms with Gasteiger partial charge in [0.15, 0.2) is 0 Å². The molecule has 1 heterocycles. The highest BCUT2D eigenvalue weighted by Gasteiger charge is 2.34. The summed E-state index contributed by atoms with van der Waals surface area (Å²) in [5, 5.41) is 6.07. The lowest BCUT2D eigenvalue weighted by Crippen LogP contribution is -2.47. The standard InChI is InChI=1S/C17H25N3O3.ClH/c1-23-13-11-18-9-10-19-16(21)15-8-5-12-20(15)17(22)14-6-3-2-4-7-14;/h2-4,6-7,15,18H,5,8-13H2,1H3,(H,19,21);1H. The number of carbonyl (C=O) groups is 2. The molecule has 7 heteroatoms. The predicted octanol–water partition coefficient (Wildman–Crippen LogP) is 1.07. The first-order valence-electron chi connectivity index (χ1n) is 8.07. The predicted molar refractivity (Wildman–Crippen MR) is 95.5 cm³/mol. The summed E-state index contributed by atoms with van der Waals surface area (Å²) >= 11 is 0. The van der Waals surface area contributed by atoms with Crippen LogP contribution >= 0.6 is 12.4 Å². The van der Waals surface area contributed by atoms with Gasteiger partial charge in [-0.1, -0.05) is 18.2 Å². The molecule has 2 N–H and O–H groups in total. The molecule has 0 radical (unpaired) electrons. The molecule has 1 aliphatic rings. The van der Waals surface area contributed by atoms with Crippen molar-refractivity contribution in [3.63, 3.8) is 0 Å². The molecule has 2 amide bonds. The van der Waals surface area contributed by atoms with Crippen molar-refractivity contribution < 1.29 is 14.3 Å². The fraction of sp³-hybridized carbons (Fsp3) is 0.529. The van der Waals surface area contributed by atoms with Crippen molar-refractivity contribution in [2.24, 2.45) is 0 Å². The molecule has 1 aliphatic heterocycles. The smallest absolute Gasteiger partial charge is 0.254 e. The minimum absolute atomic E-state index is 0. The van der Waals surface area contributed by atoms with Crippen molar-refractivity contribution in [3.8, 4) is 0 Å². The fourth-order valence-corrected chi connectivity index (χ4v) is 2.72. The molecule has 1 atom stereocenters. The molecule has 1 aromatic carbocycles. The number of nitrogens with one attached hydrogen (secondary N) is 2. The lowest BCUT2D eigenvalue weighted by Gasteiger charge is -2.24. The Balaban J connectivity index is 0.00000288. The molecule has 0 spiro atoms. The van der Waals surface area contributed by atoms with E-state index in [9.17, 15) is 9.59 Å². The molecule has 24 heavy (non-hydrogen) atoms. The first-order chi connectivity index (χ1) is 11.2. The van der Waals surface area contributed by atoms with Crippen LogP contribution in [0.2, 0.25) is 0 Å². The van der Waals surface area contributed by atoms with Crippen molar-refractivity contribution >= 4 is 24.2 Å². The van der Waals surface area contributed by atoms with E-state index >= 15 is 0 Å². The summed E-state index contributed by atoms with van der Waals surface area (Å²) in [6.07, 6.45) is 1.59. The zero-order chi connectivity index (χ0) is 16.5. The van der Waals surface area contributed by atoms with Crippen LogP contribution in [0.3, 0.4) is 0 Å². The van der Waals surface area contributed by atoms with Crippen LogP contribution in [0, 0.1) is 0 Å². The minimum atomic E-state index is -0.360. The third-order valence-corrected chi connectivity index (χ3v) is 3.92. The molecule has 1 saturated heterocycles. The van der Waals surface area contributed by atoms with Gasteiger partial charge in [-0.3, -0.25) is 9.59 Å². The Morgan fingerprint density at radius 3 is 2.67 bits per heavy atom. The fourth-order valence-electron chi connectivity index (χ4n) is 2.72. The maximum Gasteiger partial charge on any atom is 0.254 e. The minimum Gasteiger partial charge on any atom is -0.383 e. The largest absolute Gasteiger partial charge is 0.383 e. The van der Waals surface area contributed by atoms with Gasteiger partial charge in [0.2, 0.25) is 5.91 Å². The average molecular weight is 356 g/mol. The number of hydrogen-bond acceptors (Lipinski definition) is 4. The van der Waals surface area contributed by atoms with E-state index in [0.29, 0.717) is 31.8 Å². The van der Waals surface area contributed by atoms with E-state index in [2.05, 4.69) is 10.6 Å². The first-order valence-corrected chi connectivity index (χ1v) is 8.07. The van der Waals surface area contributed by atoms with Crippen LogP contribution in [0.25, 0.3) is 0 Å². The van der Waals surface area contributed by atoms with E-state index in [0.717, 1.165) is 19.4 Å². The molecule has 0 aliphatic carbocycles. The van der Waals surface area contributed by atoms with Gasteiger partial charge in [0, 0.05) is 38.9 Å². The van der Waals surface area contributed by atoms with E-state index in [1.807, 2.05) is 18.2 Å². The summed E-state index contributed by atoms with van der Waals surface area (Å²) in [6.45, 7) is 3.28. The Hall–Kier alpha value is -1.63. The van der Waals surface area contributed by atoms with Gasteiger partial charge in [0.05, 0.1) is 6.61 Å². The Labute approximate surface area is 149 Å². The molecule has 1 unspecified atom stereocenters. The highest BCUT2D eigenvalue weighted by atomic mass is 35.5. The van der Waals surface area contributed by atoms with Crippen LogP contribution in [-0.2, 0) is 9.53 Å². The highest BCUT2D eigenvalue weighted by Crippen LogP contribution is 2.20. The van der Waals surface area contributed by atoms with Gasteiger partial charge in [0.25, 0.3) is 5.91 Å². The molecule has 0 aromatic heterocycles. The van der Waals surface area contributed by atoms with Gasteiger partial charge in [-0.2, -0.15) is 0 Å². The Kier molecular flexibility index (Phi) is 9.37. The third kappa shape index (κ3) is 5.78. The summed E-state index contributed by atoms with van der Waals surface area (Å²) in [5.74, 6) is -0.137. The molecule has 2 rings (SSSR count). The van der Waals surface area contributed by atoms with Crippen molar-refractivity contribution in [1.82, 2.24) is 15.5 Å². The van der Waals surface area contributed by atoms with Gasteiger partial charge in [-0.15, -0.1) is 12.4 Å². The summed E-state index contributed by atoms with van der Waals surface area (Å²) in [5.41, 5.74) is 0.633. The second-order valence-electron chi connectivity index (χ2n) is 5.56. The van der Waals surface area contributed by atoms with Crippen molar-refractivity contribution in [1.29, 1.82) is 0 Å². The van der Waals surface area contributed by atoms with E-state index in [-0.39, 0.29) is 30.3 Å². The second-order valence-corrected chi connectivity index (χ2v) is 5.56. The molecule has 0 bridgehead atoms. The van der Waals surface area contributed by atoms with Crippen LogP contribution in [0.1, 0.15) is 23.2 Å². The Morgan fingerprint density at radius 1 is 1.21 bits per heavy atom. The summed E-state index contributed by atoms with van der Waals surface area (Å²) in [7, 11) is 1.65. The summed E-state index contributed by atoms with van der Waals surface area (Å²) < 4.78 is 4.94. The first kappa shape index (κ1) is 20.4. The quantitative estimate of drug-likeness (QED) is 0.684. The van der Waals surface area contributed by atoms with Gasteiger partial charge >= 0.3 is 0 Å². The van der Waals surface area contributed by atoms with Crippen molar-refractivity contribution in [2.75, 3.05) is 39.9 Å². The molecular weight excluding hydrogens is 330 g/mol. The number of methoxy groups -OCH3 is 1. The molecule has 1 aromatic rings. The van der Waals surface area contributed by atoms with E-state index in [1.54, 1.807) is 24.1 Å². The number of ether oxygens (including phenoxy) is 1. The van der Waals surface area contributed by atoms with Crippen LogP contribution < -0.4 is 10.6 Å². The number of rotatable bonds is 8. The maximum atomic E-state index is 12.5. The van der Waals surface area contributed by atoms with Crippen LogP contribution in [0.5, 0.6) is 0 Å². The SMILES string of the molecule is COCCNCCNC(=O)C1CCCN1C(=O)c1ccccc1.Cl. The zero-order valence-electron chi connectivity index (χ0n) is 14.0. The monoisotopic (exact) mass is 355 g/mol. The van der Waals surface area contributed by atoms with Crippen molar-refractivity contribution in [3.05, 3.63) is 35.9 Å². The Morgan fingerprint density at radius 2 is 1.96 bits per heavy atom. The lowest BCUT2D eigenvalue weighted by atomic mass is 10.1. The second kappa shape index (κ2) is 11.0. The molecular formula is C17H26ClN3O3. The zero-order valence-corrected chi connectivity index (χ0v) is 14.8. The van der Waals surface area contributed by atoms with Crippen LogP contribution in [0.15, 0.2) is 30.3 Å². The van der Waals surface area contributed by atoms with E-state index in [4.69, 9.17) is 4.74 Å². The summed E-state index contributed by atoms with van der Waals surface area (Å²) in [6, 6.07) is 8.77. The number of nitrogens with zero attached hydrogens (tertiary/aromatic N) is 1. The average Bonchev–Trinajstić information content (AvgIpc) is 3.07. The normalized spacial score (nSPS) is 16.5. The van der Waals surface area contributed by atoms with Gasteiger partial charge in [-0.25, -0.2) is 0 Å². The number of carbonyl (C=O) groups excluding carboxylic acids is 2. The molecule has 0 saturated carbocycles. The Bertz CT molecular complexity index is 513. The maximum absolute atomic E-state index is 12.5.